The lowest BCUT2D eigenvalue weighted by atomic mass is 9.88. The Bertz CT molecular complexity index is 1020. The second-order valence-corrected chi connectivity index (χ2v) is 9.07. The van der Waals surface area contributed by atoms with Crippen molar-refractivity contribution in [2.75, 3.05) is 0 Å². The highest BCUT2D eigenvalue weighted by Crippen LogP contribution is 2.34. The lowest BCUT2D eigenvalue weighted by molar-refractivity contribution is -0.126. The number of alkyl halides is 2. The Labute approximate surface area is 184 Å². The third kappa shape index (κ3) is 4.64. The van der Waals surface area contributed by atoms with Gasteiger partial charge in [-0.1, -0.05) is 18.9 Å². The van der Waals surface area contributed by atoms with Crippen LogP contribution >= 0.6 is 0 Å². The first kappa shape index (κ1) is 22.3. The maximum absolute atomic E-state index is 13.2. The summed E-state index contributed by atoms with van der Waals surface area (Å²) in [6.07, 6.45) is 0.545. The first-order valence-electron chi connectivity index (χ1n) is 10.7. The Hall–Kier alpha value is -2.88. The summed E-state index contributed by atoms with van der Waals surface area (Å²) in [5.74, 6) is -1.25. The molecule has 1 aromatic carbocycles. The summed E-state index contributed by atoms with van der Waals surface area (Å²) in [6.45, 7) is 3.57. The van der Waals surface area contributed by atoms with Gasteiger partial charge in [-0.05, 0) is 44.4 Å². The molecule has 2 heterocycles. The number of benzene rings is 1. The van der Waals surface area contributed by atoms with Gasteiger partial charge in [-0.3, -0.25) is 9.59 Å². The molecule has 2 aliphatic rings. The van der Waals surface area contributed by atoms with E-state index in [2.05, 4.69) is 15.5 Å². The number of carbonyl (C=O) groups is 2. The molecule has 0 unspecified atom stereocenters. The number of halogens is 2. The second-order valence-electron chi connectivity index (χ2n) is 9.07. The maximum Gasteiger partial charge on any atom is 0.314 e. The molecule has 32 heavy (non-hydrogen) atoms. The van der Waals surface area contributed by atoms with Crippen LogP contribution in [0.25, 0.3) is 11.5 Å². The minimum atomic E-state index is -2.86. The van der Waals surface area contributed by atoms with E-state index < -0.39 is 17.9 Å². The van der Waals surface area contributed by atoms with Gasteiger partial charge >= 0.3 is 6.43 Å². The van der Waals surface area contributed by atoms with Crippen molar-refractivity contribution in [2.24, 2.45) is 0 Å². The van der Waals surface area contributed by atoms with E-state index in [1.54, 1.807) is 36.9 Å². The number of hydrogen-bond donors (Lipinski definition) is 2. The van der Waals surface area contributed by atoms with Gasteiger partial charge in [-0.25, -0.2) is 0 Å². The number of aromatic nitrogens is 2. The summed E-state index contributed by atoms with van der Waals surface area (Å²) < 4.78 is 30.5. The molecule has 2 amide bonds. The van der Waals surface area contributed by atoms with E-state index in [-0.39, 0.29) is 36.2 Å². The van der Waals surface area contributed by atoms with Crippen LogP contribution in [-0.2, 0) is 11.3 Å². The number of carbonyl (C=O) groups excluding carboxylic acids is 2. The third-order valence-electron chi connectivity index (χ3n) is 5.89. The molecule has 2 N–H and O–H groups in total. The zero-order chi connectivity index (χ0) is 23.0. The highest BCUT2D eigenvalue weighted by atomic mass is 19.3. The van der Waals surface area contributed by atoms with Crippen LogP contribution in [0, 0.1) is 0 Å². The molecule has 0 bridgehead atoms. The Morgan fingerprint density at radius 2 is 2.06 bits per heavy atom. The van der Waals surface area contributed by atoms with E-state index in [1.165, 1.54) is 0 Å². The SMILES string of the molecule is CC(C)(O)CC(=O)N[C@@H]1CCCC[C@H]1N1Cc2ccc(-c3nnc(C(F)F)o3)cc2C1=O. The van der Waals surface area contributed by atoms with Gasteiger partial charge in [0.2, 0.25) is 11.8 Å². The summed E-state index contributed by atoms with van der Waals surface area (Å²) in [5.41, 5.74) is 0.575. The van der Waals surface area contributed by atoms with Gasteiger partial charge in [0, 0.05) is 23.7 Å². The normalized spacial score (nSPS) is 21.2. The van der Waals surface area contributed by atoms with E-state index in [1.807, 2.05) is 0 Å². The predicted octanol–water partition coefficient (Wildman–Crippen LogP) is 3.22. The average molecular weight is 448 g/mol. The zero-order valence-corrected chi connectivity index (χ0v) is 18.0. The molecule has 172 valence electrons. The van der Waals surface area contributed by atoms with Crippen LogP contribution in [0.3, 0.4) is 0 Å². The summed E-state index contributed by atoms with van der Waals surface area (Å²) in [5, 5.41) is 19.9. The van der Waals surface area contributed by atoms with Crippen LogP contribution in [0.2, 0.25) is 0 Å². The number of fused-ring (bicyclic) bond motifs is 1. The number of amides is 2. The highest BCUT2D eigenvalue weighted by Gasteiger charge is 2.39. The fraction of sp³-hybridized carbons (Fsp3) is 0.545. The lowest BCUT2D eigenvalue weighted by Crippen LogP contribution is -2.54. The standard InChI is InChI=1S/C22H26F2N4O4/c1-22(2,31)10-17(29)25-15-5-3-4-6-16(15)28-11-13-8-7-12(9-14(13)21(28)30)19-26-27-20(32-19)18(23)24/h7-9,15-16,18,31H,3-6,10-11H2,1-2H3,(H,25,29)/t15-,16-/m1/s1. The van der Waals surface area contributed by atoms with Crippen LogP contribution in [0.15, 0.2) is 22.6 Å². The highest BCUT2D eigenvalue weighted by molar-refractivity contribution is 5.99. The number of rotatable bonds is 6. The van der Waals surface area contributed by atoms with Gasteiger partial charge in [0.15, 0.2) is 0 Å². The fourth-order valence-corrected chi connectivity index (χ4v) is 4.47. The molecule has 1 saturated carbocycles. The summed E-state index contributed by atoms with van der Waals surface area (Å²) >= 11 is 0. The number of nitrogens with one attached hydrogen (secondary N) is 1. The Morgan fingerprint density at radius 1 is 1.31 bits per heavy atom. The van der Waals surface area contributed by atoms with Gasteiger partial charge in [0.1, 0.15) is 0 Å². The third-order valence-corrected chi connectivity index (χ3v) is 5.89. The van der Waals surface area contributed by atoms with Crippen molar-refractivity contribution in [1.29, 1.82) is 0 Å². The predicted molar refractivity (Wildman–Crippen MR) is 110 cm³/mol. The molecule has 1 aromatic heterocycles. The average Bonchev–Trinajstić information content (AvgIpc) is 3.32. The largest absolute Gasteiger partial charge is 0.415 e. The van der Waals surface area contributed by atoms with Crippen molar-refractivity contribution in [2.45, 2.75) is 76.6 Å². The van der Waals surface area contributed by atoms with Crippen molar-refractivity contribution in [3.05, 3.63) is 35.2 Å². The molecule has 10 heteroatoms. The topological polar surface area (TPSA) is 109 Å². The van der Waals surface area contributed by atoms with E-state index in [9.17, 15) is 23.5 Å². The molecule has 1 fully saturated rings. The van der Waals surface area contributed by atoms with Crippen LogP contribution in [0.5, 0.6) is 0 Å². The molecular formula is C22H26F2N4O4. The summed E-state index contributed by atoms with van der Waals surface area (Å²) in [4.78, 5) is 27.4. The molecule has 1 aliphatic heterocycles. The fourth-order valence-electron chi connectivity index (χ4n) is 4.47. The van der Waals surface area contributed by atoms with Crippen molar-refractivity contribution >= 4 is 11.8 Å². The van der Waals surface area contributed by atoms with Gasteiger partial charge in [0.25, 0.3) is 11.8 Å². The maximum atomic E-state index is 13.2. The van der Waals surface area contributed by atoms with Crippen molar-refractivity contribution in [3.8, 4) is 11.5 Å². The van der Waals surface area contributed by atoms with Crippen LogP contribution < -0.4 is 5.32 Å². The molecule has 1 aliphatic carbocycles. The summed E-state index contributed by atoms with van der Waals surface area (Å²) in [7, 11) is 0. The van der Waals surface area contributed by atoms with E-state index >= 15 is 0 Å². The summed E-state index contributed by atoms with van der Waals surface area (Å²) in [6, 6.07) is 4.67. The van der Waals surface area contributed by atoms with Gasteiger partial charge in [-0.2, -0.15) is 8.78 Å². The van der Waals surface area contributed by atoms with E-state index in [4.69, 9.17) is 4.42 Å². The molecule has 4 rings (SSSR count). The Morgan fingerprint density at radius 3 is 2.75 bits per heavy atom. The molecule has 0 saturated heterocycles. The number of nitrogens with zero attached hydrogens (tertiary/aromatic N) is 3. The first-order valence-corrected chi connectivity index (χ1v) is 10.7. The van der Waals surface area contributed by atoms with Gasteiger partial charge in [0.05, 0.1) is 18.1 Å². The van der Waals surface area contributed by atoms with Gasteiger partial charge < -0.3 is 19.7 Å². The van der Waals surface area contributed by atoms with Gasteiger partial charge in [-0.15, -0.1) is 10.2 Å². The Balaban J connectivity index is 1.52. The van der Waals surface area contributed by atoms with Crippen LogP contribution in [0.4, 0.5) is 8.78 Å². The van der Waals surface area contributed by atoms with E-state index in [0.29, 0.717) is 17.7 Å². The number of hydrogen-bond acceptors (Lipinski definition) is 6. The molecular weight excluding hydrogens is 422 g/mol. The number of aliphatic hydroxyl groups is 1. The van der Waals surface area contributed by atoms with Crippen molar-refractivity contribution in [3.63, 3.8) is 0 Å². The molecule has 2 atom stereocenters. The molecule has 2 aromatic rings. The van der Waals surface area contributed by atoms with Crippen LogP contribution in [-0.4, -0.2) is 49.7 Å². The second kappa shape index (κ2) is 8.57. The van der Waals surface area contributed by atoms with Crippen LogP contribution in [0.1, 0.15) is 74.2 Å². The monoisotopic (exact) mass is 448 g/mol. The molecule has 8 nitrogen and oxygen atoms in total. The minimum Gasteiger partial charge on any atom is -0.415 e. The smallest absolute Gasteiger partial charge is 0.314 e. The lowest BCUT2D eigenvalue weighted by Gasteiger charge is -2.38. The first-order chi connectivity index (χ1) is 15.1. The Kier molecular flexibility index (Phi) is 5.98. The zero-order valence-electron chi connectivity index (χ0n) is 18.0. The van der Waals surface area contributed by atoms with Crippen molar-refractivity contribution < 1.29 is 27.9 Å². The quantitative estimate of drug-likeness (QED) is 0.703. The minimum absolute atomic E-state index is 0.0153. The molecule has 0 spiro atoms. The van der Waals surface area contributed by atoms with E-state index in [0.717, 1.165) is 31.2 Å². The van der Waals surface area contributed by atoms with Crippen molar-refractivity contribution in [1.82, 2.24) is 20.4 Å². The molecule has 0 radical (unpaired) electrons.